The molecule has 1 fully saturated rings. The quantitative estimate of drug-likeness (QED) is 0.641. The molecule has 0 spiro atoms. The van der Waals surface area contributed by atoms with Gasteiger partial charge in [-0.25, -0.2) is 0 Å². The monoisotopic (exact) mass is 452 g/mol. The highest BCUT2D eigenvalue weighted by molar-refractivity contribution is 6.36. The van der Waals surface area contributed by atoms with Gasteiger partial charge in [0.25, 0.3) is 11.8 Å². The number of benzene rings is 2. The van der Waals surface area contributed by atoms with E-state index in [9.17, 15) is 9.59 Å². The van der Waals surface area contributed by atoms with Gasteiger partial charge in [-0.05, 0) is 54.9 Å². The van der Waals surface area contributed by atoms with Gasteiger partial charge in [-0.1, -0.05) is 37.6 Å². The molecule has 2 aromatic rings. The van der Waals surface area contributed by atoms with Crippen molar-refractivity contribution in [3.63, 3.8) is 0 Å². The zero-order valence-corrected chi connectivity index (χ0v) is 19.4. The third-order valence-electron chi connectivity index (χ3n) is 6.07. The smallest absolute Gasteiger partial charge is 0.278 e. The summed E-state index contributed by atoms with van der Waals surface area (Å²) < 4.78 is 0. The van der Waals surface area contributed by atoms with Crippen LogP contribution in [0.2, 0.25) is 5.02 Å². The van der Waals surface area contributed by atoms with Crippen LogP contribution in [0.1, 0.15) is 25.8 Å². The molecule has 2 aliphatic heterocycles. The molecule has 2 aliphatic rings. The van der Waals surface area contributed by atoms with Gasteiger partial charge in [0.05, 0.1) is 5.57 Å². The average molecular weight is 453 g/mol. The van der Waals surface area contributed by atoms with E-state index in [1.165, 1.54) is 10.6 Å². The molecule has 0 atom stereocenters. The van der Waals surface area contributed by atoms with Gasteiger partial charge in [0, 0.05) is 49.1 Å². The lowest BCUT2D eigenvalue weighted by atomic mass is 10.0. The number of halogens is 1. The lowest BCUT2D eigenvalue weighted by Gasteiger charge is -2.35. The summed E-state index contributed by atoms with van der Waals surface area (Å²) in [5, 5.41) is 3.81. The highest BCUT2D eigenvalue weighted by atomic mass is 35.5. The Morgan fingerprint density at radius 3 is 2.12 bits per heavy atom. The Bertz CT molecular complexity index is 1010. The third-order valence-corrected chi connectivity index (χ3v) is 6.32. The molecule has 6 nitrogen and oxygen atoms in total. The number of anilines is 2. The highest BCUT2D eigenvalue weighted by Gasteiger charge is 2.38. The van der Waals surface area contributed by atoms with E-state index in [-0.39, 0.29) is 11.8 Å². The van der Waals surface area contributed by atoms with E-state index >= 15 is 0 Å². The zero-order valence-electron chi connectivity index (χ0n) is 18.6. The van der Waals surface area contributed by atoms with Gasteiger partial charge in [-0.15, -0.1) is 0 Å². The van der Waals surface area contributed by atoms with Gasteiger partial charge in [0.2, 0.25) is 0 Å². The van der Waals surface area contributed by atoms with Crippen molar-refractivity contribution < 1.29 is 9.59 Å². The molecule has 2 aromatic carbocycles. The lowest BCUT2D eigenvalue weighted by molar-refractivity contribution is -0.136. The van der Waals surface area contributed by atoms with E-state index in [1.807, 2.05) is 19.1 Å². The fourth-order valence-corrected chi connectivity index (χ4v) is 4.35. The number of imide groups is 1. The average Bonchev–Trinajstić information content (AvgIpc) is 3.05. The van der Waals surface area contributed by atoms with Crippen LogP contribution in [0.4, 0.5) is 11.4 Å². The number of nitrogens with zero attached hydrogens (tertiary/aromatic N) is 3. The van der Waals surface area contributed by atoms with Crippen LogP contribution in [0, 0.1) is 0 Å². The number of piperazine rings is 1. The van der Waals surface area contributed by atoms with Crippen molar-refractivity contribution in [2.45, 2.75) is 20.3 Å². The first kappa shape index (κ1) is 22.4. The molecule has 4 rings (SSSR count). The second-order valence-electron chi connectivity index (χ2n) is 8.11. The number of hydrogen-bond acceptors (Lipinski definition) is 5. The minimum Gasteiger partial charge on any atom is -0.369 e. The SMILES string of the molecule is CCCN1C(=O)C(Nc2ccc(N3CCN(CC)CC3)cc2)=C(c2ccc(Cl)cc2)C1=O. The molecular weight excluding hydrogens is 424 g/mol. The summed E-state index contributed by atoms with van der Waals surface area (Å²) in [6.07, 6.45) is 0.707. The Balaban J connectivity index is 1.58. The van der Waals surface area contributed by atoms with Crippen LogP contribution < -0.4 is 10.2 Å². The Hall–Kier alpha value is -2.83. The van der Waals surface area contributed by atoms with Gasteiger partial charge >= 0.3 is 0 Å². The fraction of sp³-hybridized carbons (Fsp3) is 0.360. The van der Waals surface area contributed by atoms with E-state index in [1.54, 1.807) is 24.3 Å². The lowest BCUT2D eigenvalue weighted by Crippen LogP contribution is -2.46. The van der Waals surface area contributed by atoms with Crippen LogP contribution in [-0.2, 0) is 9.59 Å². The van der Waals surface area contributed by atoms with Crippen molar-refractivity contribution in [3.8, 4) is 0 Å². The molecule has 1 N–H and O–H groups in total. The van der Waals surface area contributed by atoms with Crippen molar-refractivity contribution in [1.82, 2.24) is 9.80 Å². The minimum atomic E-state index is -0.290. The largest absolute Gasteiger partial charge is 0.369 e. The van der Waals surface area contributed by atoms with E-state index < -0.39 is 0 Å². The predicted molar refractivity (Wildman–Crippen MR) is 130 cm³/mol. The summed E-state index contributed by atoms with van der Waals surface area (Å²) in [6.45, 7) is 9.77. The van der Waals surface area contributed by atoms with Gasteiger partial charge in [-0.3, -0.25) is 14.5 Å². The minimum absolute atomic E-state index is 0.271. The van der Waals surface area contributed by atoms with Gasteiger partial charge in [0.15, 0.2) is 0 Å². The van der Waals surface area contributed by atoms with E-state index in [2.05, 4.69) is 34.2 Å². The summed E-state index contributed by atoms with van der Waals surface area (Å²) in [6, 6.07) is 15.1. The number of hydrogen-bond donors (Lipinski definition) is 1. The molecule has 0 aliphatic carbocycles. The Morgan fingerprint density at radius 2 is 1.53 bits per heavy atom. The second-order valence-corrected chi connectivity index (χ2v) is 8.55. The first-order valence-electron chi connectivity index (χ1n) is 11.2. The Morgan fingerprint density at radius 1 is 0.875 bits per heavy atom. The molecule has 1 saturated heterocycles. The summed E-state index contributed by atoms with van der Waals surface area (Å²) >= 11 is 6.02. The maximum atomic E-state index is 13.1. The summed E-state index contributed by atoms with van der Waals surface area (Å²) in [5.41, 5.74) is 3.33. The summed E-state index contributed by atoms with van der Waals surface area (Å²) in [4.78, 5) is 32.3. The van der Waals surface area contributed by atoms with Crippen molar-refractivity contribution in [1.29, 1.82) is 0 Å². The van der Waals surface area contributed by atoms with E-state index in [0.717, 1.165) is 38.4 Å². The standard InChI is InChI=1S/C25H29ClN4O2/c1-3-13-30-24(31)22(18-5-7-19(26)8-6-18)23(25(30)32)27-20-9-11-21(12-10-20)29-16-14-28(4-2)15-17-29/h5-12,27H,3-4,13-17H2,1-2H3. The van der Waals surface area contributed by atoms with Crippen LogP contribution in [0.15, 0.2) is 54.2 Å². The van der Waals surface area contributed by atoms with Gasteiger partial charge in [-0.2, -0.15) is 0 Å². The van der Waals surface area contributed by atoms with Crippen molar-refractivity contribution in [3.05, 3.63) is 64.8 Å². The molecule has 2 amide bonds. The third kappa shape index (κ3) is 4.52. The second kappa shape index (κ2) is 9.76. The highest BCUT2D eigenvalue weighted by Crippen LogP contribution is 2.31. The van der Waals surface area contributed by atoms with Crippen LogP contribution in [0.3, 0.4) is 0 Å². The summed E-state index contributed by atoms with van der Waals surface area (Å²) in [5.74, 6) is -0.561. The van der Waals surface area contributed by atoms with Crippen LogP contribution in [0.25, 0.3) is 5.57 Å². The number of likely N-dealkylation sites (N-methyl/N-ethyl adjacent to an activating group) is 1. The zero-order chi connectivity index (χ0) is 22.7. The number of rotatable bonds is 7. The number of carbonyl (C=O) groups excluding carboxylic acids is 2. The number of carbonyl (C=O) groups is 2. The van der Waals surface area contributed by atoms with Crippen LogP contribution in [0.5, 0.6) is 0 Å². The first-order chi connectivity index (χ1) is 15.5. The van der Waals surface area contributed by atoms with Crippen molar-refractivity contribution in [2.75, 3.05) is 49.5 Å². The van der Waals surface area contributed by atoms with Crippen LogP contribution >= 0.6 is 11.6 Å². The van der Waals surface area contributed by atoms with Gasteiger partial charge < -0.3 is 15.1 Å². The number of nitrogens with one attached hydrogen (secondary N) is 1. The summed E-state index contributed by atoms with van der Waals surface area (Å²) in [7, 11) is 0. The van der Waals surface area contributed by atoms with Crippen LogP contribution in [-0.4, -0.2) is 60.9 Å². The Labute approximate surface area is 194 Å². The molecule has 0 saturated carbocycles. The number of amides is 2. The molecule has 0 bridgehead atoms. The molecule has 168 valence electrons. The van der Waals surface area contributed by atoms with Crippen molar-refractivity contribution in [2.24, 2.45) is 0 Å². The van der Waals surface area contributed by atoms with Crippen molar-refractivity contribution >= 4 is 40.4 Å². The van der Waals surface area contributed by atoms with E-state index in [4.69, 9.17) is 11.6 Å². The maximum absolute atomic E-state index is 13.1. The maximum Gasteiger partial charge on any atom is 0.278 e. The molecule has 0 radical (unpaired) electrons. The Kier molecular flexibility index (Phi) is 6.82. The fourth-order valence-electron chi connectivity index (χ4n) is 4.23. The molecule has 2 heterocycles. The van der Waals surface area contributed by atoms with E-state index in [0.29, 0.717) is 34.8 Å². The van der Waals surface area contributed by atoms with Gasteiger partial charge in [0.1, 0.15) is 5.70 Å². The molecule has 0 aromatic heterocycles. The molecule has 7 heteroatoms. The first-order valence-corrected chi connectivity index (χ1v) is 11.6. The molecule has 32 heavy (non-hydrogen) atoms. The topological polar surface area (TPSA) is 55.9 Å². The predicted octanol–water partition coefficient (Wildman–Crippen LogP) is 4.08. The molecule has 0 unspecified atom stereocenters. The molecular formula is C25H29ClN4O2. The normalized spacial score (nSPS) is 17.5.